The Hall–Kier alpha value is -1.39. The van der Waals surface area contributed by atoms with Crippen LogP contribution in [0.15, 0.2) is 0 Å². The largest absolute Gasteiger partial charge is 0.370 e. The fraction of sp³-hybridized carbons (Fsp3) is 0.700. The van der Waals surface area contributed by atoms with E-state index < -0.39 is 5.91 Å². The van der Waals surface area contributed by atoms with Crippen LogP contribution < -0.4 is 11.1 Å². The normalized spacial score (nSPS) is 10.1. The predicted octanol–water partition coefficient (Wildman–Crippen LogP) is -0.0167. The molecule has 0 aromatic carbocycles. The molecule has 0 saturated heterocycles. The third-order valence-electron chi connectivity index (χ3n) is 1.93. The average molecular weight is 214 g/mol. The Morgan fingerprint density at radius 2 is 1.80 bits per heavy atom. The smallest absolute Gasteiger partial charge is 0.220 e. The van der Waals surface area contributed by atoms with Gasteiger partial charge in [-0.2, -0.15) is 0 Å². The zero-order valence-corrected chi connectivity index (χ0v) is 9.21. The third-order valence-corrected chi connectivity index (χ3v) is 1.93. The van der Waals surface area contributed by atoms with Gasteiger partial charge < -0.3 is 11.1 Å². The van der Waals surface area contributed by atoms with Gasteiger partial charge in [-0.3, -0.25) is 14.4 Å². The zero-order valence-electron chi connectivity index (χ0n) is 9.21. The Morgan fingerprint density at radius 3 is 2.27 bits per heavy atom. The van der Waals surface area contributed by atoms with Gasteiger partial charge in [0.15, 0.2) is 5.78 Å². The molecule has 0 unspecified atom stereocenters. The number of hydrogen-bond donors (Lipinski definition) is 2. The van der Waals surface area contributed by atoms with Crippen LogP contribution in [0.3, 0.4) is 0 Å². The molecule has 86 valence electrons. The van der Waals surface area contributed by atoms with Crippen molar-refractivity contribution in [1.82, 2.24) is 5.32 Å². The van der Waals surface area contributed by atoms with E-state index in [1.54, 1.807) is 13.8 Å². The summed E-state index contributed by atoms with van der Waals surface area (Å²) in [6.45, 7) is 3.62. The van der Waals surface area contributed by atoms with Crippen molar-refractivity contribution in [3.63, 3.8) is 0 Å². The summed E-state index contributed by atoms with van der Waals surface area (Å²) in [4.78, 5) is 32.6. The molecule has 15 heavy (non-hydrogen) atoms. The summed E-state index contributed by atoms with van der Waals surface area (Å²) >= 11 is 0. The summed E-state index contributed by atoms with van der Waals surface area (Å²) in [6, 6.07) is 0. The highest BCUT2D eigenvalue weighted by atomic mass is 16.2. The summed E-state index contributed by atoms with van der Waals surface area (Å²) in [5.74, 6) is -0.708. The molecule has 0 aliphatic heterocycles. The van der Waals surface area contributed by atoms with Crippen LogP contribution in [0.2, 0.25) is 0 Å². The molecular weight excluding hydrogens is 196 g/mol. The Balaban J connectivity index is 3.58. The molecule has 0 spiro atoms. The van der Waals surface area contributed by atoms with Gasteiger partial charge in [0.2, 0.25) is 11.8 Å². The highest BCUT2D eigenvalue weighted by Crippen LogP contribution is 1.95. The number of amides is 2. The van der Waals surface area contributed by atoms with E-state index in [1.165, 1.54) is 0 Å². The van der Waals surface area contributed by atoms with Crippen LogP contribution in [0.1, 0.15) is 33.1 Å². The minimum absolute atomic E-state index is 0.00162. The number of Topliss-reactive ketones (excluding diaryl/α,β-unsaturated/α-hetero) is 1. The lowest BCUT2D eigenvalue weighted by Gasteiger charge is -2.05. The lowest BCUT2D eigenvalue weighted by molar-refractivity contribution is -0.126. The molecule has 0 saturated carbocycles. The monoisotopic (exact) mass is 214 g/mol. The summed E-state index contributed by atoms with van der Waals surface area (Å²) in [5.41, 5.74) is 4.92. The van der Waals surface area contributed by atoms with E-state index in [9.17, 15) is 14.4 Å². The fourth-order valence-electron chi connectivity index (χ4n) is 0.901. The van der Waals surface area contributed by atoms with Crippen molar-refractivity contribution < 1.29 is 14.4 Å². The Morgan fingerprint density at radius 1 is 1.20 bits per heavy atom. The predicted molar refractivity (Wildman–Crippen MR) is 55.9 cm³/mol. The second-order valence-electron chi connectivity index (χ2n) is 3.72. The molecule has 2 amide bonds. The van der Waals surface area contributed by atoms with Crippen LogP contribution in [0.4, 0.5) is 0 Å². The first-order valence-electron chi connectivity index (χ1n) is 5.01. The van der Waals surface area contributed by atoms with Gasteiger partial charge in [0.1, 0.15) is 0 Å². The van der Waals surface area contributed by atoms with Gasteiger partial charge >= 0.3 is 0 Å². The van der Waals surface area contributed by atoms with Crippen molar-refractivity contribution in [1.29, 1.82) is 0 Å². The van der Waals surface area contributed by atoms with Crippen LogP contribution in [-0.2, 0) is 14.4 Å². The van der Waals surface area contributed by atoms with Crippen LogP contribution in [0.25, 0.3) is 0 Å². The number of rotatable bonds is 7. The van der Waals surface area contributed by atoms with E-state index in [0.29, 0.717) is 6.42 Å². The maximum absolute atomic E-state index is 11.1. The highest BCUT2D eigenvalue weighted by molar-refractivity contribution is 5.87. The van der Waals surface area contributed by atoms with Crippen molar-refractivity contribution >= 4 is 17.6 Å². The van der Waals surface area contributed by atoms with Gasteiger partial charge in [-0.25, -0.2) is 0 Å². The summed E-state index contributed by atoms with van der Waals surface area (Å²) < 4.78 is 0. The molecule has 0 heterocycles. The van der Waals surface area contributed by atoms with Gasteiger partial charge in [-0.05, 0) is 6.42 Å². The van der Waals surface area contributed by atoms with Crippen LogP contribution in [0.5, 0.6) is 0 Å². The van der Waals surface area contributed by atoms with Gasteiger partial charge in [-0.1, -0.05) is 13.8 Å². The standard InChI is InChI=1S/C10H18N2O3/c1-7(2)8(13)6-12-10(15)5-3-4-9(11)14/h7H,3-6H2,1-2H3,(H2,11,14)(H,12,15). The molecular formula is C10H18N2O3. The van der Waals surface area contributed by atoms with E-state index >= 15 is 0 Å². The first-order chi connectivity index (χ1) is 6.93. The van der Waals surface area contributed by atoms with E-state index in [2.05, 4.69) is 5.32 Å². The molecule has 5 heteroatoms. The van der Waals surface area contributed by atoms with Crippen molar-refractivity contribution in [2.75, 3.05) is 6.54 Å². The maximum Gasteiger partial charge on any atom is 0.220 e. The van der Waals surface area contributed by atoms with E-state index in [4.69, 9.17) is 5.73 Å². The molecule has 0 radical (unpaired) electrons. The fourth-order valence-corrected chi connectivity index (χ4v) is 0.901. The second kappa shape index (κ2) is 6.98. The summed E-state index contributed by atoms with van der Waals surface area (Å²) in [7, 11) is 0. The van der Waals surface area contributed by atoms with Gasteiger partial charge in [-0.15, -0.1) is 0 Å². The molecule has 0 bridgehead atoms. The number of carbonyl (C=O) groups excluding carboxylic acids is 3. The lowest BCUT2D eigenvalue weighted by Crippen LogP contribution is -2.31. The topological polar surface area (TPSA) is 89.3 Å². The Bertz CT molecular complexity index is 249. The SMILES string of the molecule is CC(C)C(=O)CNC(=O)CCCC(N)=O. The van der Waals surface area contributed by atoms with Gasteiger partial charge in [0, 0.05) is 18.8 Å². The van der Waals surface area contributed by atoms with Crippen molar-refractivity contribution in [3.05, 3.63) is 0 Å². The minimum Gasteiger partial charge on any atom is -0.370 e. The number of hydrogen-bond acceptors (Lipinski definition) is 3. The molecule has 0 aliphatic carbocycles. The van der Waals surface area contributed by atoms with Crippen LogP contribution >= 0.6 is 0 Å². The van der Waals surface area contributed by atoms with E-state index in [1.807, 2.05) is 0 Å². The number of carbonyl (C=O) groups is 3. The number of primary amides is 1. The average Bonchev–Trinajstić information content (AvgIpc) is 2.13. The first kappa shape index (κ1) is 13.6. The first-order valence-corrected chi connectivity index (χ1v) is 5.01. The summed E-state index contributed by atoms with van der Waals surface area (Å²) in [5, 5.41) is 2.50. The third kappa shape index (κ3) is 7.66. The van der Waals surface area contributed by atoms with Crippen LogP contribution in [0, 0.1) is 5.92 Å². The zero-order chi connectivity index (χ0) is 11.8. The van der Waals surface area contributed by atoms with Gasteiger partial charge in [0.05, 0.1) is 6.54 Å². The second-order valence-corrected chi connectivity index (χ2v) is 3.72. The Labute approximate surface area is 89.4 Å². The van der Waals surface area contributed by atoms with Crippen molar-refractivity contribution in [2.45, 2.75) is 33.1 Å². The molecule has 3 N–H and O–H groups in total. The molecule has 0 atom stereocenters. The highest BCUT2D eigenvalue weighted by Gasteiger charge is 2.09. The molecule has 0 aromatic rings. The molecule has 0 aliphatic rings. The maximum atomic E-state index is 11.1. The molecule has 5 nitrogen and oxygen atoms in total. The van der Waals surface area contributed by atoms with Crippen LogP contribution in [-0.4, -0.2) is 24.1 Å². The Kier molecular flexibility index (Phi) is 6.33. The molecule has 0 rings (SSSR count). The molecule has 0 aromatic heterocycles. The van der Waals surface area contributed by atoms with E-state index in [0.717, 1.165) is 0 Å². The quantitative estimate of drug-likeness (QED) is 0.624. The van der Waals surface area contributed by atoms with E-state index in [-0.39, 0.29) is 37.0 Å². The van der Waals surface area contributed by atoms with Crippen molar-refractivity contribution in [2.24, 2.45) is 11.7 Å². The number of ketones is 1. The van der Waals surface area contributed by atoms with Crippen molar-refractivity contribution in [3.8, 4) is 0 Å². The van der Waals surface area contributed by atoms with Gasteiger partial charge in [0.25, 0.3) is 0 Å². The number of nitrogens with one attached hydrogen (secondary N) is 1. The molecule has 0 fully saturated rings. The number of nitrogens with two attached hydrogens (primary N) is 1. The lowest BCUT2D eigenvalue weighted by atomic mass is 10.1. The summed E-state index contributed by atoms with van der Waals surface area (Å²) in [6.07, 6.45) is 0.858. The minimum atomic E-state index is -0.416.